The second kappa shape index (κ2) is 12.3. The number of amides is 1. The normalized spacial score (nSPS) is 23.6. The van der Waals surface area contributed by atoms with Gasteiger partial charge in [-0.05, 0) is 60.4 Å². The van der Waals surface area contributed by atoms with Gasteiger partial charge in [0.25, 0.3) is 0 Å². The number of carbonyl (C=O) groups is 2. The van der Waals surface area contributed by atoms with Crippen LogP contribution in [0.15, 0.2) is 97.1 Å². The van der Waals surface area contributed by atoms with Crippen LogP contribution in [0.1, 0.15) is 37.7 Å². The number of ether oxygens (including phenoxy) is 2. The molecule has 0 spiro atoms. The summed E-state index contributed by atoms with van der Waals surface area (Å²) in [6, 6.07) is 28.4. The minimum absolute atomic E-state index is 0.0220. The van der Waals surface area contributed by atoms with Crippen LogP contribution in [0.5, 0.6) is 0 Å². The molecular weight excluding hydrogens is 490 g/mol. The van der Waals surface area contributed by atoms with E-state index in [0.717, 1.165) is 19.3 Å². The SMILES string of the molecule is O=C(O)CCCC=CC[C@H]1[C@H](COC(=O)Nc2ccccc2)[C@@H]2C[C@@]1(c1ccc(-c3ccccc3)cc1)CO2. The zero-order valence-corrected chi connectivity index (χ0v) is 22.0. The Morgan fingerprint density at radius 1 is 0.949 bits per heavy atom. The number of aliphatic carboxylic acids is 1. The number of unbranched alkanes of at least 4 members (excludes halogenated alkanes) is 1. The fraction of sp³-hybridized carbons (Fsp3) is 0.333. The van der Waals surface area contributed by atoms with E-state index >= 15 is 0 Å². The van der Waals surface area contributed by atoms with Gasteiger partial charge in [0.15, 0.2) is 0 Å². The molecule has 6 heteroatoms. The van der Waals surface area contributed by atoms with Crippen molar-refractivity contribution in [2.24, 2.45) is 11.8 Å². The Morgan fingerprint density at radius 2 is 1.64 bits per heavy atom. The zero-order valence-electron chi connectivity index (χ0n) is 22.0. The van der Waals surface area contributed by atoms with Crippen LogP contribution in [0.3, 0.4) is 0 Å². The molecule has 1 amide bonds. The van der Waals surface area contributed by atoms with Crippen molar-refractivity contribution in [2.75, 3.05) is 18.5 Å². The third kappa shape index (κ3) is 6.23. The summed E-state index contributed by atoms with van der Waals surface area (Å²) in [7, 11) is 0. The van der Waals surface area contributed by atoms with Crippen molar-refractivity contribution in [3.05, 3.63) is 103 Å². The van der Waals surface area contributed by atoms with Crippen LogP contribution < -0.4 is 5.32 Å². The third-order valence-electron chi connectivity index (χ3n) is 8.14. The molecule has 1 saturated carbocycles. The van der Waals surface area contributed by atoms with E-state index in [-0.39, 0.29) is 36.4 Å². The highest BCUT2D eigenvalue weighted by atomic mass is 16.6. The average molecular weight is 526 g/mol. The standard InChI is InChI=1S/C33H35NO5/c35-31(36)16-10-2-1-9-15-29-28(22-38-32(37)34-27-13-7-4-8-14-27)30-21-33(29,23-39-30)26-19-17-25(18-20-26)24-11-5-3-6-12-24/h1,3-9,11-14,17-20,28-30H,2,10,15-16,21-23H2,(H,34,37)(H,35,36)/t28-,29-,30-,33-/m0/s1. The van der Waals surface area contributed by atoms with Crippen molar-refractivity contribution in [2.45, 2.75) is 43.6 Å². The average Bonchev–Trinajstić information content (AvgIpc) is 3.53. The number of anilines is 1. The predicted octanol–water partition coefficient (Wildman–Crippen LogP) is 7.08. The molecule has 0 aromatic heterocycles. The number of rotatable bonds is 11. The van der Waals surface area contributed by atoms with Crippen molar-refractivity contribution in [3.63, 3.8) is 0 Å². The molecule has 0 unspecified atom stereocenters. The van der Waals surface area contributed by atoms with Crippen LogP contribution in [-0.2, 0) is 19.7 Å². The minimum Gasteiger partial charge on any atom is -0.481 e. The number of nitrogens with one attached hydrogen (secondary N) is 1. The molecule has 2 aliphatic rings. The maximum Gasteiger partial charge on any atom is 0.411 e. The van der Waals surface area contributed by atoms with Crippen LogP contribution in [0.2, 0.25) is 0 Å². The Balaban J connectivity index is 1.32. The molecule has 3 aromatic rings. The Morgan fingerprint density at radius 3 is 2.36 bits per heavy atom. The molecule has 5 rings (SSSR count). The molecule has 202 valence electrons. The molecule has 1 saturated heterocycles. The maximum absolute atomic E-state index is 12.6. The van der Waals surface area contributed by atoms with E-state index < -0.39 is 12.1 Å². The Bertz CT molecular complexity index is 1270. The number of para-hydroxylation sites is 1. The number of fused-ring (bicyclic) bond motifs is 2. The highest BCUT2D eigenvalue weighted by molar-refractivity contribution is 5.84. The van der Waals surface area contributed by atoms with Gasteiger partial charge in [-0.1, -0.05) is 84.9 Å². The van der Waals surface area contributed by atoms with E-state index in [0.29, 0.717) is 18.7 Å². The second-order valence-electron chi connectivity index (χ2n) is 10.5. The molecule has 6 nitrogen and oxygen atoms in total. The van der Waals surface area contributed by atoms with Gasteiger partial charge in [0, 0.05) is 23.4 Å². The monoisotopic (exact) mass is 525 g/mol. The Labute approximate surface area is 229 Å². The molecule has 0 radical (unpaired) electrons. The van der Waals surface area contributed by atoms with Crippen LogP contribution in [0.4, 0.5) is 10.5 Å². The van der Waals surface area contributed by atoms with E-state index in [4.69, 9.17) is 14.6 Å². The molecule has 2 bridgehead atoms. The van der Waals surface area contributed by atoms with Gasteiger partial charge in [-0.3, -0.25) is 10.1 Å². The van der Waals surface area contributed by atoms with Crippen molar-refractivity contribution in [1.82, 2.24) is 0 Å². The number of carboxylic acid groups (broad SMARTS) is 1. The molecule has 2 N–H and O–H groups in total. The third-order valence-corrected chi connectivity index (χ3v) is 8.14. The number of hydrogen-bond donors (Lipinski definition) is 2. The lowest BCUT2D eigenvalue weighted by Gasteiger charge is -2.39. The highest BCUT2D eigenvalue weighted by Crippen LogP contribution is 2.56. The summed E-state index contributed by atoms with van der Waals surface area (Å²) in [4.78, 5) is 23.4. The molecule has 3 aromatic carbocycles. The number of benzene rings is 3. The van der Waals surface area contributed by atoms with E-state index in [1.807, 2.05) is 48.5 Å². The predicted molar refractivity (Wildman–Crippen MR) is 152 cm³/mol. The lowest BCUT2D eigenvalue weighted by molar-refractivity contribution is -0.137. The van der Waals surface area contributed by atoms with Gasteiger partial charge in [-0.15, -0.1) is 0 Å². The summed E-state index contributed by atoms with van der Waals surface area (Å²) < 4.78 is 12.0. The second-order valence-corrected chi connectivity index (χ2v) is 10.5. The Hall–Kier alpha value is -3.90. The van der Waals surface area contributed by atoms with Gasteiger partial charge in [0.05, 0.1) is 19.3 Å². The largest absolute Gasteiger partial charge is 0.481 e. The molecule has 4 atom stereocenters. The van der Waals surface area contributed by atoms with E-state index in [1.165, 1.54) is 16.7 Å². The first-order valence-electron chi connectivity index (χ1n) is 13.7. The number of carboxylic acids is 1. The van der Waals surface area contributed by atoms with Gasteiger partial charge >= 0.3 is 12.1 Å². The summed E-state index contributed by atoms with van der Waals surface area (Å²) in [5.74, 6) is -0.464. The summed E-state index contributed by atoms with van der Waals surface area (Å²) in [5, 5.41) is 11.7. The molecule has 1 heterocycles. The topological polar surface area (TPSA) is 84.9 Å². The van der Waals surface area contributed by atoms with Crippen molar-refractivity contribution in [3.8, 4) is 11.1 Å². The van der Waals surface area contributed by atoms with E-state index in [1.54, 1.807) is 0 Å². The summed E-state index contributed by atoms with van der Waals surface area (Å²) >= 11 is 0. The van der Waals surface area contributed by atoms with Gasteiger partial charge in [0.2, 0.25) is 0 Å². The van der Waals surface area contributed by atoms with Crippen LogP contribution in [0, 0.1) is 11.8 Å². The number of carbonyl (C=O) groups excluding carboxylic acids is 1. The molecule has 2 fully saturated rings. The quantitative estimate of drug-likeness (QED) is 0.206. The fourth-order valence-corrected chi connectivity index (χ4v) is 6.18. The van der Waals surface area contributed by atoms with Crippen LogP contribution >= 0.6 is 0 Å². The summed E-state index contributed by atoms with van der Waals surface area (Å²) in [6.45, 7) is 0.928. The smallest absolute Gasteiger partial charge is 0.411 e. The molecular formula is C33H35NO5. The maximum atomic E-state index is 12.6. The van der Waals surface area contributed by atoms with Crippen LogP contribution in [-0.4, -0.2) is 36.5 Å². The minimum atomic E-state index is -0.766. The molecule has 1 aliphatic heterocycles. The van der Waals surface area contributed by atoms with Gasteiger partial charge in [-0.2, -0.15) is 0 Å². The fourth-order valence-electron chi connectivity index (χ4n) is 6.18. The van der Waals surface area contributed by atoms with Crippen molar-refractivity contribution in [1.29, 1.82) is 0 Å². The van der Waals surface area contributed by atoms with Gasteiger partial charge in [-0.25, -0.2) is 4.79 Å². The summed E-state index contributed by atoms with van der Waals surface area (Å²) in [5.41, 5.74) is 4.16. The lowest BCUT2D eigenvalue weighted by atomic mass is 9.69. The number of allylic oxidation sites excluding steroid dienone is 2. The molecule has 1 aliphatic carbocycles. The zero-order chi connectivity index (χ0) is 27.1. The first-order valence-corrected chi connectivity index (χ1v) is 13.7. The van der Waals surface area contributed by atoms with Crippen LogP contribution in [0.25, 0.3) is 11.1 Å². The summed E-state index contributed by atoms with van der Waals surface area (Å²) in [6.07, 6.45) is 7.06. The van der Waals surface area contributed by atoms with Crippen molar-refractivity contribution < 1.29 is 24.2 Å². The van der Waals surface area contributed by atoms with Gasteiger partial charge < -0.3 is 14.6 Å². The lowest BCUT2D eigenvalue weighted by Crippen LogP contribution is -2.41. The Kier molecular flexibility index (Phi) is 8.42. The first kappa shape index (κ1) is 26.7. The van der Waals surface area contributed by atoms with E-state index in [9.17, 15) is 9.59 Å². The molecule has 39 heavy (non-hydrogen) atoms. The van der Waals surface area contributed by atoms with Crippen molar-refractivity contribution >= 4 is 17.7 Å². The highest BCUT2D eigenvalue weighted by Gasteiger charge is 2.59. The van der Waals surface area contributed by atoms with E-state index in [2.05, 4.69) is 53.9 Å². The number of hydrogen-bond acceptors (Lipinski definition) is 4. The first-order chi connectivity index (χ1) is 19.0. The van der Waals surface area contributed by atoms with Gasteiger partial charge in [0.1, 0.15) is 0 Å².